The van der Waals surface area contributed by atoms with Gasteiger partial charge in [-0.05, 0) is 54.3 Å². The summed E-state index contributed by atoms with van der Waals surface area (Å²) in [5.74, 6) is -0.223. The number of rotatable bonds is 5. The van der Waals surface area contributed by atoms with Crippen LogP contribution in [0.5, 0.6) is 0 Å². The van der Waals surface area contributed by atoms with Crippen molar-refractivity contribution in [3.63, 3.8) is 0 Å². The van der Waals surface area contributed by atoms with Gasteiger partial charge in [0.1, 0.15) is 5.82 Å². The number of sulfonamides is 1. The van der Waals surface area contributed by atoms with Crippen molar-refractivity contribution in [1.82, 2.24) is 9.21 Å². The van der Waals surface area contributed by atoms with E-state index >= 15 is 0 Å². The number of hydrogen-bond donors (Lipinski definition) is 0. The van der Waals surface area contributed by atoms with Crippen LogP contribution in [-0.2, 0) is 10.0 Å². The average Bonchev–Trinajstić information content (AvgIpc) is 2.73. The molecule has 0 saturated carbocycles. The standard InChI is InChI=1S/C21H25FN2O3S/c1-3-16(2)17-6-10-20(11-7-17)28(26,27)24-14-12-23(13-15-24)21(25)18-4-8-19(22)9-5-18/h4-11,16H,3,12-15H2,1-2H3/t16-/m1/s1. The van der Waals surface area contributed by atoms with Gasteiger partial charge in [0.2, 0.25) is 10.0 Å². The monoisotopic (exact) mass is 404 g/mol. The van der Waals surface area contributed by atoms with Gasteiger partial charge < -0.3 is 4.90 Å². The number of piperazine rings is 1. The van der Waals surface area contributed by atoms with E-state index in [1.807, 2.05) is 12.1 Å². The molecule has 5 nitrogen and oxygen atoms in total. The van der Waals surface area contributed by atoms with Crippen molar-refractivity contribution < 1.29 is 17.6 Å². The third-order valence-electron chi connectivity index (χ3n) is 5.32. The first-order valence-electron chi connectivity index (χ1n) is 9.48. The van der Waals surface area contributed by atoms with Gasteiger partial charge in [0.25, 0.3) is 5.91 Å². The molecule has 0 radical (unpaired) electrons. The van der Waals surface area contributed by atoms with Crippen LogP contribution in [0.3, 0.4) is 0 Å². The van der Waals surface area contributed by atoms with Gasteiger partial charge in [-0.3, -0.25) is 4.79 Å². The Labute approximate surface area is 165 Å². The zero-order chi connectivity index (χ0) is 20.3. The summed E-state index contributed by atoms with van der Waals surface area (Å²) in [7, 11) is -3.58. The van der Waals surface area contributed by atoms with E-state index < -0.39 is 15.8 Å². The lowest BCUT2D eigenvalue weighted by molar-refractivity contribution is 0.0698. The molecular formula is C21H25FN2O3S. The van der Waals surface area contributed by atoms with Gasteiger partial charge in [-0.25, -0.2) is 12.8 Å². The van der Waals surface area contributed by atoms with Crippen molar-refractivity contribution in [1.29, 1.82) is 0 Å². The predicted molar refractivity (Wildman–Crippen MR) is 106 cm³/mol. The minimum atomic E-state index is -3.58. The highest BCUT2D eigenvalue weighted by atomic mass is 32.2. The molecule has 2 aromatic carbocycles. The second-order valence-electron chi connectivity index (χ2n) is 7.08. The van der Waals surface area contributed by atoms with E-state index in [4.69, 9.17) is 0 Å². The topological polar surface area (TPSA) is 57.7 Å². The smallest absolute Gasteiger partial charge is 0.253 e. The van der Waals surface area contributed by atoms with Crippen molar-refractivity contribution in [2.45, 2.75) is 31.1 Å². The second kappa shape index (κ2) is 8.41. The van der Waals surface area contributed by atoms with Gasteiger partial charge >= 0.3 is 0 Å². The quantitative estimate of drug-likeness (QED) is 0.767. The molecule has 0 N–H and O–H groups in total. The summed E-state index contributed by atoms with van der Waals surface area (Å²) in [5.41, 5.74) is 1.52. The van der Waals surface area contributed by atoms with Gasteiger partial charge in [-0.15, -0.1) is 0 Å². The third kappa shape index (κ3) is 4.25. The Kier molecular flexibility index (Phi) is 6.15. The molecule has 0 aliphatic carbocycles. The molecule has 0 unspecified atom stereocenters. The summed E-state index contributed by atoms with van der Waals surface area (Å²) < 4.78 is 40.2. The van der Waals surface area contributed by atoms with Crippen LogP contribution < -0.4 is 0 Å². The number of hydrogen-bond acceptors (Lipinski definition) is 3. The average molecular weight is 405 g/mol. The molecule has 1 saturated heterocycles. The number of amides is 1. The molecule has 2 aromatic rings. The largest absolute Gasteiger partial charge is 0.336 e. The van der Waals surface area contributed by atoms with Crippen molar-refractivity contribution in [3.05, 3.63) is 65.5 Å². The van der Waals surface area contributed by atoms with E-state index in [-0.39, 0.29) is 23.9 Å². The number of benzene rings is 2. The maximum atomic E-state index is 13.0. The minimum absolute atomic E-state index is 0.213. The van der Waals surface area contributed by atoms with Crippen molar-refractivity contribution in [2.24, 2.45) is 0 Å². The first kappa shape index (κ1) is 20.5. The molecule has 1 aliphatic rings. The first-order chi connectivity index (χ1) is 13.3. The van der Waals surface area contributed by atoms with Gasteiger partial charge in [0.15, 0.2) is 0 Å². The summed E-state index contributed by atoms with van der Waals surface area (Å²) in [6, 6.07) is 12.4. The molecule has 28 heavy (non-hydrogen) atoms. The molecule has 1 heterocycles. The van der Waals surface area contributed by atoms with E-state index in [1.54, 1.807) is 17.0 Å². The number of nitrogens with zero attached hydrogens (tertiary/aromatic N) is 2. The highest BCUT2D eigenvalue weighted by Gasteiger charge is 2.30. The van der Waals surface area contributed by atoms with Gasteiger partial charge in [0.05, 0.1) is 4.90 Å². The summed E-state index contributed by atoms with van der Waals surface area (Å²) in [5, 5.41) is 0. The van der Waals surface area contributed by atoms with Crippen LogP contribution in [0.15, 0.2) is 53.4 Å². The van der Waals surface area contributed by atoms with Gasteiger partial charge in [-0.2, -0.15) is 4.31 Å². The first-order valence-corrected chi connectivity index (χ1v) is 10.9. The number of carbonyl (C=O) groups excluding carboxylic acids is 1. The molecule has 150 valence electrons. The van der Waals surface area contributed by atoms with E-state index in [0.717, 1.165) is 12.0 Å². The normalized spacial score (nSPS) is 16.8. The summed E-state index contributed by atoms with van der Waals surface area (Å²) in [6.45, 7) is 5.30. The van der Waals surface area contributed by atoms with E-state index in [2.05, 4.69) is 13.8 Å². The number of carbonyl (C=O) groups is 1. The lowest BCUT2D eigenvalue weighted by Crippen LogP contribution is -2.50. The lowest BCUT2D eigenvalue weighted by atomic mass is 9.99. The van der Waals surface area contributed by atoms with Crippen LogP contribution in [0, 0.1) is 5.82 Å². The Morgan fingerprint density at radius 1 is 1.00 bits per heavy atom. The zero-order valence-electron chi connectivity index (χ0n) is 16.1. The Balaban J connectivity index is 1.66. The zero-order valence-corrected chi connectivity index (χ0v) is 17.0. The Bertz CT molecular complexity index is 919. The Morgan fingerprint density at radius 3 is 2.11 bits per heavy atom. The number of halogens is 1. The summed E-state index contributed by atoms with van der Waals surface area (Å²) >= 11 is 0. The van der Waals surface area contributed by atoms with E-state index in [9.17, 15) is 17.6 Å². The van der Waals surface area contributed by atoms with Crippen LogP contribution in [0.4, 0.5) is 4.39 Å². The minimum Gasteiger partial charge on any atom is -0.336 e. The lowest BCUT2D eigenvalue weighted by Gasteiger charge is -2.34. The third-order valence-corrected chi connectivity index (χ3v) is 7.23. The Morgan fingerprint density at radius 2 is 1.57 bits per heavy atom. The molecule has 1 aliphatic heterocycles. The molecule has 1 amide bonds. The predicted octanol–water partition coefficient (Wildman–Crippen LogP) is 3.49. The van der Waals surface area contributed by atoms with Crippen LogP contribution in [-0.4, -0.2) is 49.7 Å². The van der Waals surface area contributed by atoms with E-state index in [0.29, 0.717) is 24.6 Å². The highest BCUT2D eigenvalue weighted by molar-refractivity contribution is 7.89. The molecular weight excluding hydrogens is 379 g/mol. The highest BCUT2D eigenvalue weighted by Crippen LogP contribution is 2.23. The van der Waals surface area contributed by atoms with E-state index in [1.165, 1.54) is 28.6 Å². The summed E-state index contributed by atoms with van der Waals surface area (Å²) in [6.07, 6.45) is 0.996. The van der Waals surface area contributed by atoms with Crippen LogP contribution >= 0.6 is 0 Å². The van der Waals surface area contributed by atoms with Crippen molar-refractivity contribution in [3.8, 4) is 0 Å². The van der Waals surface area contributed by atoms with Crippen LogP contribution in [0.1, 0.15) is 42.1 Å². The van der Waals surface area contributed by atoms with Crippen molar-refractivity contribution >= 4 is 15.9 Å². The fourth-order valence-electron chi connectivity index (χ4n) is 3.26. The maximum Gasteiger partial charge on any atom is 0.253 e. The molecule has 7 heteroatoms. The maximum absolute atomic E-state index is 13.0. The molecule has 1 atom stereocenters. The second-order valence-corrected chi connectivity index (χ2v) is 9.02. The molecule has 0 bridgehead atoms. The van der Waals surface area contributed by atoms with Gasteiger partial charge in [0, 0.05) is 31.7 Å². The van der Waals surface area contributed by atoms with Crippen LogP contribution in [0.25, 0.3) is 0 Å². The van der Waals surface area contributed by atoms with Crippen LogP contribution in [0.2, 0.25) is 0 Å². The summed E-state index contributed by atoms with van der Waals surface area (Å²) in [4.78, 5) is 14.4. The molecule has 3 rings (SSSR count). The SMILES string of the molecule is CC[C@@H](C)c1ccc(S(=O)(=O)N2CCN(C(=O)c3ccc(F)cc3)CC2)cc1. The Hall–Kier alpha value is -2.25. The molecule has 1 fully saturated rings. The molecule has 0 aromatic heterocycles. The van der Waals surface area contributed by atoms with Crippen molar-refractivity contribution in [2.75, 3.05) is 26.2 Å². The van der Waals surface area contributed by atoms with Gasteiger partial charge in [-0.1, -0.05) is 26.0 Å². The molecule has 0 spiro atoms. The fraction of sp³-hybridized carbons (Fsp3) is 0.381. The fourth-order valence-corrected chi connectivity index (χ4v) is 4.68.